The maximum absolute atomic E-state index is 5.87. The van der Waals surface area contributed by atoms with Crippen LogP contribution < -0.4 is 10.6 Å². The van der Waals surface area contributed by atoms with Gasteiger partial charge in [0.1, 0.15) is 0 Å². The second-order valence-corrected chi connectivity index (χ2v) is 4.76. The molecular weight excluding hydrogens is 224 g/mol. The molecule has 2 N–H and O–H groups in total. The summed E-state index contributed by atoms with van der Waals surface area (Å²) in [6.07, 6.45) is 5.18. The molecule has 1 aromatic carbocycles. The van der Waals surface area contributed by atoms with E-state index in [0.29, 0.717) is 0 Å². The van der Waals surface area contributed by atoms with Crippen LogP contribution in [0.15, 0.2) is 30.6 Å². The highest BCUT2D eigenvalue weighted by molar-refractivity contribution is 5.64. The van der Waals surface area contributed by atoms with Gasteiger partial charge in [0.2, 0.25) is 0 Å². The van der Waals surface area contributed by atoms with Crippen LogP contribution in [0, 0.1) is 0 Å². The molecule has 0 spiro atoms. The third-order valence-electron chi connectivity index (χ3n) is 3.49. The lowest BCUT2D eigenvalue weighted by Crippen LogP contribution is -2.19. The van der Waals surface area contributed by atoms with E-state index in [-0.39, 0.29) is 0 Å². The first-order valence-corrected chi connectivity index (χ1v) is 6.41. The highest BCUT2D eigenvalue weighted by atomic mass is 15.3. The van der Waals surface area contributed by atoms with Crippen LogP contribution in [-0.2, 0) is 19.5 Å². The van der Waals surface area contributed by atoms with Crippen LogP contribution in [0.3, 0.4) is 0 Å². The Morgan fingerprint density at radius 3 is 3.06 bits per heavy atom. The molecule has 1 aliphatic heterocycles. The van der Waals surface area contributed by atoms with E-state index in [4.69, 9.17) is 5.73 Å². The molecule has 4 nitrogen and oxygen atoms in total. The number of nitrogens with two attached hydrogens (primary N) is 1. The Morgan fingerprint density at radius 2 is 2.28 bits per heavy atom. The van der Waals surface area contributed by atoms with Gasteiger partial charge in [-0.3, -0.25) is 4.68 Å². The lowest BCUT2D eigenvalue weighted by atomic mass is 10.1. The minimum Gasteiger partial charge on any atom is -0.399 e. The molecule has 0 saturated carbocycles. The largest absolute Gasteiger partial charge is 0.399 e. The first-order valence-electron chi connectivity index (χ1n) is 6.41. The molecule has 0 unspecified atom stereocenters. The summed E-state index contributed by atoms with van der Waals surface area (Å²) in [4.78, 5) is 2.38. The van der Waals surface area contributed by atoms with E-state index in [2.05, 4.69) is 35.3 Å². The number of nitrogens with zero attached hydrogens (tertiary/aromatic N) is 3. The van der Waals surface area contributed by atoms with Crippen LogP contribution >= 0.6 is 0 Å². The van der Waals surface area contributed by atoms with E-state index in [1.54, 1.807) is 0 Å². The van der Waals surface area contributed by atoms with Crippen molar-refractivity contribution in [2.45, 2.75) is 26.4 Å². The third kappa shape index (κ3) is 1.94. The van der Waals surface area contributed by atoms with Crippen molar-refractivity contribution in [3.8, 4) is 0 Å². The number of hydrogen-bond donors (Lipinski definition) is 1. The third-order valence-corrected chi connectivity index (χ3v) is 3.49. The van der Waals surface area contributed by atoms with Gasteiger partial charge in [-0.2, -0.15) is 5.10 Å². The van der Waals surface area contributed by atoms with E-state index >= 15 is 0 Å². The van der Waals surface area contributed by atoms with Crippen molar-refractivity contribution in [3.05, 3.63) is 41.7 Å². The van der Waals surface area contributed by atoms with Gasteiger partial charge in [0.05, 0.1) is 6.20 Å². The molecule has 18 heavy (non-hydrogen) atoms. The summed E-state index contributed by atoms with van der Waals surface area (Å²) < 4.78 is 1.96. The molecule has 0 radical (unpaired) electrons. The van der Waals surface area contributed by atoms with Crippen molar-refractivity contribution in [3.63, 3.8) is 0 Å². The van der Waals surface area contributed by atoms with Gasteiger partial charge in [0.15, 0.2) is 0 Å². The van der Waals surface area contributed by atoms with E-state index < -0.39 is 0 Å². The summed E-state index contributed by atoms with van der Waals surface area (Å²) in [6.45, 7) is 5.00. The van der Waals surface area contributed by atoms with Gasteiger partial charge in [0.25, 0.3) is 0 Å². The quantitative estimate of drug-likeness (QED) is 0.838. The van der Waals surface area contributed by atoms with Crippen LogP contribution in [0.2, 0.25) is 0 Å². The zero-order valence-electron chi connectivity index (χ0n) is 10.6. The number of aromatic nitrogens is 2. The van der Waals surface area contributed by atoms with Gasteiger partial charge in [-0.15, -0.1) is 0 Å². The highest BCUT2D eigenvalue weighted by Gasteiger charge is 2.19. The summed E-state index contributed by atoms with van der Waals surface area (Å²) >= 11 is 0. The van der Waals surface area contributed by atoms with Crippen LogP contribution in [-0.4, -0.2) is 16.3 Å². The van der Waals surface area contributed by atoms with E-state index in [1.807, 2.05) is 16.9 Å². The molecule has 1 aromatic heterocycles. The molecule has 0 saturated heterocycles. The van der Waals surface area contributed by atoms with Crippen LogP contribution in [0.1, 0.15) is 18.1 Å². The fourth-order valence-electron chi connectivity index (χ4n) is 2.51. The lowest BCUT2D eigenvalue weighted by Gasteiger charge is -2.18. The van der Waals surface area contributed by atoms with Crippen molar-refractivity contribution in [1.29, 1.82) is 0 Å². The summed E-state index contributed by atoms with van der Waals surface area (Å²) in [5.41, 5.74) is 10.6. The number of anilines is 2. The number of aryl methyl sites for hydroxylation is 1. The van der Waals surface area contributed by atoms with Crippen LogP contribution in [0.5, 0.6) is 0 Å². The second kappa shape index (κ2) is 4.37. The Labute approximate surface area is 107 Å². The second-order valence-electron chi connectivity index (χ2n) is 4.76. The Morgan fingerprint density at radius 1 is 1.39 bits per heavy atom. The van der Waals surface area contributed by atoms with Gasteiger partial charge < -0.3 is 10.6 Å². The molecule has 4 heteroatoms. The zero-order chi connectivity index (χ0) is 12.5. The normalized spacial score (nSPS) is 13.9. The topological polar surface area (TPSA) is 47.1 Å². The van der Waals surface area contributed by atoms with Gasteiger partial charge in [-0.25, -0.2) is 0 Å². The van der Waals surface area contributed by atoms with Gasteiger partial charge in [-0.05, 0) is 31.0 Å². The molecule has 0 bridgehead atoms. The number of rotatable bonds is 3. The van der Waals surface area contributed by atoms with Crippen LogP contribution in [0.4, 0.5) is 11.4 Å². The molecule has 0 atom stereocenters. The van der Waals surface area contributed by atoms with Crippen molar-refractivity contribution >= 4 is 11.4 Å². The minimum absolute atomic E-state index is 0.838. The number of nitrogen functional groups attached to an aromatic ring is 1. The maximum atomic E-state index is 5.87. The molecule has 3 rings (SSSR count). The Balaban J connectivity index is 1.81. The average Bonchev–Trinajstić information content (AvgIpc) is 2.97. The standard InChI is InChI=1S/C14H18N4/c1-2-18-10-11(8-16-18)9-17-6-5-12-3-4-13(15)7-14(12)17/h3-4,7-8,10H,2,5-6,9,15H2,1H3. The molecule has 2 heterocycles. The Hall–Kier alpha value is -1.97. The summed E-state index contributed by atoms with van der Waals surface area (Å²) in [5, 5.41) is 4.32. The van der Waals surface area contributed by atoms with Crippen molar-refractivity contribution in [1.82, 2.24) is 9.78 Å². The first-order chi connectivity index (χ1) is 8.76. The Bertz CT molecular complexity index is 559. The molecule has 1 aliphatic rings. The smallest absolute Gasteiger partial charge is 0.0539 e. The van der Waals surface area contributed by atoms with E-state index in [1.165, 1.54) is 16.8 Å². The van der Waals surface area contributed by atoms with Crippen molar-refractivity contribution < 1.29 is 0 Å². The van der Waals surface area contributed by atoms with E-state index in [0.717, 1.165) is 31.7 Å². The molecule has 94 valence electrons. The molecule has 0 fully saturated rings. The molecule has 0 aliphatic carbocycles. The molecule has 2 aromatic rings. The van der Waals surface area contributed by atoms with Gasteiger partial charge in [-0.1, -0.05) is 6.07 Å². The summed E-state index contributed by atoms with van der Waals surface area (Å²) in [7, 11) is 0. The fraction of sp³-hybridized carbons (Fsp3) is 0.357. The fourth-order valence-corrected chi connectivity index (χ4v) is 2.51. The SMILES string of the molecule is CCn1cc(CN2CCc3ccc(N)cc32)cn1. The zero-order valence-corrected chi connectivity index (χ0v) is 10.6. The summed E-state index contributed by atoms with van der Waals surface area (Å²) in [5.74, 6) is 0. The maximum Gasteiger partial charge on any atom is 0.0539 e. The Kier molecular flexibility index (Phi) is 2.70. The number of fused-ring (bicyclic) bond motifs is 1. The molecule has 0 amide bonds. The number of hydrogen-bond acceptors (Lipinski definition) is 3. The van der Waals surface area contributed by atoms with Crippen molar-refractivity contribution in [2.24, 2.45) is 0 Å². The van der Waals surface area contributed by atoms with Crippen LogP contribution in [0.25, 0.3) is 0 Å². The monoisotopic (exact) mass is 242 g/mol. The lowest BCUT2D eigenvalue weighted by molar-refractivity contribution is 0.659. The molecular formula is C14H18N4. The van der Waals surface area contributed by atoms with Gasteiger partial charge in [0, 0.05) is 42.8 Å². The minimum atomic E-state index is 0.838. The summed E-state index contributed by atoms with van der Waals surface area (Å²) in [6, 6.07) is 6.20. The average molecular weight is 242 g/mol. The number of benzene rings is 1. The predicted octanol–water partition coefficient (Wildman–Crippen LogP) is 2.05. The van der Waals surface area contributed by atoms with Crippen molar-refractivity contribution in [2.75, 3.05) is 17.2 Å². The van der Waals surface area contributed by atoms with E-state index in [9.17, 15) is 0 Å². The predicted molar refractivity (Wildman–Crippen MR) is 73.5 cm³/mol. The van der Waals surface area contributed by atoms with Gasteiger partial charge >= 0.3 is 0 Å². The highest BCUT2D eigenvalue weighted by Crippen LogP contribution is 2.30. The first kappa shape index (κ1) is 11.1.